The minimum absolute atomic E-state index is 0.814. The summed E-state index contributed by atoms with van der Waals surface area (Å²) in [6.07, 6.45) is 5.90. The molecule has 26 heavy (non-hydrogen) atoms. The quantitative estimate of drug-likeness (QED) is 0.475. The second-order valence-electron chi connectivity index (χ2n) is 7.22. The van der Waals surface area contributed by atoms with Crippen LogP contribution in [0.4, 0.5) is 11.4 Å². The summed E-state index contributed by atoms with van der Waals surface area (Å²) in [7, 11) is 4.03. The van der Waals surface area contributed by atoms with Crippen LogP contribution in [0.25, 0.3) is 0 Å². The predicted octanol–water partition coefficient (Wildman–Crippen LogP) is 6.40. The first-order valence-electron chi connectivity index (χ1n) is 9.84. The molecule has 0 amide bonds. The Hall–Kier alpha value is -1.67. The van der Waals surface area contributed by atoms with E-state index in [0.717, 1.165) is 30.2 Å². The molecule has 2 aromatic rings. The van der Waals surface area contributed by atoms with E-state index in [2.05, 4.69) is 61.2 Å². The predicted molar refractivity (Wildman–Crippen MR) is 117 cm³/mol. The third kappa shape index (κ3) is 5.95. The highest BCUT2D eigenvalue weighted by Gasteiger charge is 2.07. The van der Waals surface area contributed by atoms with Gasteiger partial charge in [-0.1, -0.05) is 56.5 Å². The number of unbranched alkanes of at least 4 members (excludes halogenated alkanes) is 2. The maximum Gasteiger partial charge on any atom is 0.0642 e. The lowest BCUT2D eigenvalue weighted by molar-refractivity contribution is 0.678. The molecular formula is C23H33ClN2. The summed E-state index contributed by atoms with van der Waals surface area (Å²) < 4.78 is 0. The van der Waals surface area contributed by atoms with Gasteiger partial charge in [0, 0.05) is 32.9 Å². The van der Waals surface area contributed by atoms with Crippen LogP contribution >= 0.6 is 11.6 Å². The molecule has 0 unspecified atom stereocenters. The maximum atomic E-state index is 6.41. The van der Waals surface area contributed by atoms with Crippen molar-refractivity contribution in [3.8, 4) is 0 Å². The van der Waals surface area contributed by atoms with Gasteiger partial charge in [-0.25, -0.2) is 0 Å². The first-order chi connectivity index (χ1) is 12.5. The van der Waals surface area contributed by atoms with Gasteiger partial charge in [0.1, 0.15) is 0 Å². The summed E-state index contributed by atoms with van der Waals surface area (Å²) in [5.74, 6) is 0. The Morgan fingerprint density at radius 1 is 0.808 bits per heavy atom. The average molecular weight is 373 g/mol. The Morgan fingerprint density at radius 3 is 1.88 bits per heavy atom. The van der Waals surface area contributed by atoms with Crippen molar-refractivity contribution < 1.29 is 0 Å². The SMILES string of the molecule is CCCCN(CCCC)c1ccc(Cc2ccc(N(C)C)c(Cl)c2)cc1. The molecule has 0 radical (unpaired) electrons. The highest BCUT2D eigenvalue weighted by Crippen LogP contribution is 2.26. The molecular weight excluding hydrogens is 340 g/mol. The summed E-state index contributed by atoms with van der Waals surface area (Å²) in [6.45, 7) is 6.82. The lowest BCUT2D eigenvalue weighted by Gasteiger charge is -2.25. The molecule has 0 fully saturated rings. The summed E-state index contributed by atoms with van der Waals surface area (Å²) >= 11 is 6.41. The Morgan fingerprint density at radius 2 is 1.38 bits per heavy atom. The van der Waals surface area contributed by atoms with Crippen molar-refractivity contribution in [1.82, 2.24) is 0 Å². The fourth-order valence-electron chi connectivity index (χ4n) is 3.15. The van der Waals surface area contributed by atoms with Crippen LogP contribution < -0.4 is 9.80 Å². The highest BCUT2D eigenvalue weighted by molar-refractivity contribution is 6.33. The van der Waals surface area contributed by atoms with E-state index in [-0.39, 0.29) is 0 Å². The Bertz CT molecular complexity index is 656. The topological polar surface area (TPSA) is 6.48 Å². The molecule has 0 aromatic heterocycles. The Kier molecular flexibility index (Phi) is 8.31. The van der Waals surface area contributed by atoms with Gasteiger partial charge in [-0.05, 0) is 54.7 Å². The molecule has 0 heterocycles. The molecule has 0 aliphatic rings. The number of rotatable bonds is 10. The number of hydrogen-bond acceptors (Lipinski definition) is 2. The molecule has 0 spiro atoms. The summed E-state index contributed by atoms with van der Waals surface area (Å²) in [5, 5.41) is 0.814. The molecule has 0 saturated carbocycles. The third-order valence-electron chi connectivity index (χ3n) is 4.77. The minimum Gasteiger partial charge on any atom is -0.376 e. The first-order valence-corrected chi connectivity index (χ1v) is 10.2. The van der Waals surface area contributed by atoms with Crippen LogP contribution in [-0.4, -0.2) is 27.2 Å². The summed E-state index contributed by atoms with van der Waals surface area (Å²) in [5.41, 5.74) is 4.99. The second kappa shape index (κ2) is 10.5. The van der Waals surface area contributed by atoms with Crippen LogP contribution in [0.3, 0.4) is 0 Å². The van der Waals surface area contributed by atoms with Crippen molar-refractivity contribution in [2.24, 2.45) is 0 Å². The number of benzene rings is 2. The molecule has 2 rings (SSSR count). The monoisotopic (exact) mass is 372 g/mol. The zero-order valence-electron chi connectivity index (χ0n) is 16.8. The number of anilines is 2. The van der Waals surface area contributed by atoms with E-state index in [4.69, 9.17) is 11.6 Å². The summed E-state index contributed by atoms with van der Waals surface area (Å²) in [4.78, 5) is 4.57. The van der Waals surface area contributed by atoms with E-state index in [1.807, 2.05) is 19.0 Å². The van der Waals surface area contributed by atoms with E-state index >= 15 is 0 Å². The molecule has 2 nitrogen and oxygen atoms in total. The summed E-state index contributed by atoms with van der Waals surface area (Å²) in [6, 6.07) is 15.4. The third-order valence-corrected chi connectivity index (χ3v) is 5.07. The van der Waals surface area contributed by atoms with Crippen molar-refractivity contribution >= 4 is 23.0 Å². The van der Waals surface area contributed by atoms with Gasteiger partial charge in [0.05, 0.1) is 10.7 Å². The maximum absolute atomic E-state index is 6.41. The van der Waals surface area contributed by atoms with Crippen LogP contribution in [-0.2, 0) is 6.42 Å². The van der Waals surface area contributed by atoms with Crippen molar-refractivity contribution in [2.45, 2.75) is 46.0 Å². The van der Waals surface area contributed by atoms with E-state index in [1.54, 1.807) is 0 Å². The standard InChI is InChI=1S/C23H33ClN2/c1-5-7-15-26(16-8-6-2)21-12-9-19(10-13-21)17-20-11-14-23(25(3)4)22(24)18-20/h9-14,18H,5-8,15-17H2,1-4H3. The Labute approximate surface area is 164 Å². The number of halogens is 1. The van der Waals surface area contributed by atoms with E-state index in [0.29, 0.717) is 0 Å². The molecule has 2 aromatic carbocycles. The molecule has 0 atom stereocenters. The van der Waals surface area contributed by atoms with Crippen LogP contribution in [0, 0.1) is 0 Å². The smallest absolute Gasteiger partial charge is 0.0642 e. The molecule has 0 aliphatic carbocycles. The van der Waals surface area contributed by atoms with Crippen molar-refractivity contribution in [3.05, 3.63) is 58.6 Å². The van der Waals surface area contributed by atoms with E-state index in [9.17, 15) is 0 Å². The minimum atomic E-state index is 0.814. The van der Waals surface area contributed by atoms with E-state index < -0.39 is 0 Å². The highest BCUT2D eigenvalue weighted by atomic mass is 35.5. The van der Waals surface area contributed by atoms with Crippen molar-refractivity contribution in [1.29, 1.82) is 0 Å². The lowest BCUT2D eigenvalue weighted by Crippen LogP contribution is -2.25. The van der Waals surface area contributed by atoms with Gasteiger partial charge < -0.3 is 9.80 Å². The molecule has 0 aliphatic heterocycles. The van der Waals surface area contributed by atoms with Gasteiger partial charge in [-0.2, -0.15) is 0 Å². The van der Waals surface area contributed by atoms with Gasteiger partial charge in [-0.15, -0.1) is 0 Å². The van der Waals surface area contributed by atoms with Crippen LogP contribution in [0.2, 0.25) is 5.02 Å². The van der Waals surface area contributed by atoms with Crippen LogP contribution in [0.1, 0.15) is 50.7 Å². The Balaban J connectivity index is 2.07. The van der Waals surface area contributed by atoms with Crippen molar-refractivity contribution in [3.63, 3.8) is 0 Å². The van der Waals surface area contributed by atoms with E-state index in [1.165, 1.54) is 42.5 Å². The van der Waals surface area contributed by atoms with Gasteiger partial charge in [0.15, 0.2) is 0 Å². The second-order valence-corrected chi connectivity index (χ2v) is 7.62. The molecule has 142 valence electrons. The fraction of sp³-hybridized carbons (Fsp3) is 0.478. The van der Waals surface area contributed by atoms with Gasteiger partial charge in [0.2, 0.25) is 0 Å². The lowest BCUT2D eigenvalue weighted by atomic mass is 10.0. The fourth-order valence-corrected chi connectivity index (χ4v) is 3.52. The average Bonchev–Trinajstić information content (AvgIpc) is 2.62. The number of hydrogen-bond donors (Lipinski definition) is 0. The van der Waals surface area contributed by atoms with Gasteiger partial charge in [-0.3, -0.25) is 0 Å². The van der Waals surface area contributed by atoms with Crippen molar-refractivity contribution in [2.75, 3.05) is 37.0 Å². The zero-order chi connectivity index (χ0) is 18.9. The zero-order valence-corrected chi connectivity index (χ0v) is 17.5. The van der Waals surface area contributed by atoms with Crippen LogP contribution in [0.15, 0.2) is 42.5 Å². The molecule has 3 heteroatoms. The molecule has 0 bridgehead atoms. The number of nitrogens with zero attached hydrogens (tertiary/aromatic N) is 2. The largest absolute Gasteiger partial charge is 0.376 e. The van der Waals surface area contributed by atoms with Gasteiger partial charge in [0.25, 0.3) is 0 Å². The first kappa shape index (κ1) is 20.6. The normalized spacial score (nSPS) is 10.8. The van der Waals surface area contributed by atoms with Gasteiger partial charge >= 0.3 is 0 Å². The van der Waals surface area contributed by atoms with Crippen LogP contribution in [0.5, 0.6) is 0 Å². The molecule has 0 N–H and O–H groups in total. The molecule has 0 saturated heterocycles.